The summed E-state index contributed by atoms with van der Waals surface area (Å²) in [5.41, 5.74) is 3.21. The largest absolute Gasteiger partial charge is 0.492 e. The number of anilines is 1. The van der Waals surface area contributed by atoms with Crippen LogP contribution in [0.25, 0.3) is 16.8 Å². The van der Waals surface area contributed by atoms with Gasteiger partial charge in [-0.3, -0.25) is 0 Å². The maximum atomic E-state index is 9.49. The Kier molecular flexibility index (Phi) is 5.45. The molecule has 3 aromatic rings. The number of aromatic nitrogens is 1. The lowest BCUT2D eigenvalue weighted by atomic mass is 10.2. The van der Waals surface area contributed by atoms with Crippen LogP contribution < -0.4 is 10.1 Å². The molecule has 25 heavy (non-hydrogen) atoms. The molecule has 5 heteroatoms. The molecule has 0 spiro atoms. The van der Waals surface area contributed by atoms with Crippen molar-refractivity contribution >= 4 is 22.6 Å². The highest BCUT2D eigenvalue weighted by atomic mass is 32.1. The molecule has 0 bridgehead atoms. The van der Waals surface area contributed by atoms with Gasteiger partial charge in [0.05, 0.1) is 18.0 Å². The van der Waals surface area contributed by atoms with Gasteiger partial charge in [0, 0.05) is 17.1 Å². The van der Waals surface area contributed by atoms with Crippen molar-refractivity contribution in [3.63, 3.8) is 0 Å². The van der Waals surface area contributed by atoms with Crippen LogP contribution in [-0.4, -0.2) is 11.6 Å². The standard InChI is InChI=1S/C20H17N3OS/c1-2-24-19-11-7-6-10-17(19)22-13-16(12-21)20-23-18(14-25-20)15-8-4-3-5-9-15/h3-11,13-14,22H,2H2,1H3/b16-13-. The van der Waals surface area contributed by atoms with E-state index in [0.717, 1.165) is 22.7 Å². The number of hydrogen-bond acceptors (Lipinski definition) is 5. The topological polar surface area (TPSA) is 57.9 Å². The Morgan fingerprint density at radius 2 is 1.96 bits per heavy atom. The van der Waals surface area contributed by atoms with Crippen molar-refractivity contribution in [2.24, 2.45) is 0 Å². The van der Waals surface area contributed by atoms with Crippen molar-refractivity contribution in [2.45, 2.75) is 6.92 Å². The number of hydrogen-bond donors (Lipinski definition) is 1. The first-order valence-corrected chi connectivity index (χ1v) is 8.79. The number of nitriles is 1. The number of benzene rings is 2. The highest BCUT2D eigenvalue weighted by Gasteiger charge is 2.09. The van der Waals surface area contributed by atoms with Gasteiger partial charge in [-0.05, 0) is 19.1 Å². The Balaban J connectivity index is 1.83. The number of para-hydroxylation sites is 2. The van der Waals surface area contributed by atoms with Gasteiger partial charge in [-0.25, -0.2) is 4.98 Å². The molecular formula is C20H17N3OS. The van der Waals surface area contributed by atoms with Crippen LogP contribution in [0.4, 0.5) is 5.69 Å². The Morgan fingerprint density at radius 3 is 2.72 bits per heavy atom. The zero-order valence-electron chi connectivity index (χ0n) is 13.8. The number of nitrogens with zero attached hydrogens (tertiary/aromatic N) is 2. The van der Waals surface area contributed by atoms with E-state index >= 15 is 0 Å². The lowest BCUT2D eigenvalue weighted by Gasteiger charge is -2.09. The summed E-state index contributed by atoms with van der Waals surface area (Å²) in [5, 5.41) is 15.3. The number of allylic oxidation sites excluding steroid dienone is 1. The van der Waals surface area contributed by atoms with E-state index in [-0.39, 0.29) is 0 Å². The van der Waals surface area contributed by atoms with Gasteiger partial charge in [0.1, 0.15) is 22.4 Å². The molecule has 4 nitrogen and oxygen atoms in total. The zero-order chi connectivity index (χ0) is 17.5. The first-order valence-electron chi connectivity index (χ1n) is 7.91. The second-order valence-corrected chi connectivity index (χ2v) is 6.01. The van der Waals surface area contributed by atoms with Crippen LogP contribution >= 0.6 is 11.3 Å². The van der Waals surface area contributed by atoms with Gasteiger partial charge in [-0.15, -0.1) is 11.3 Å². The maximum Gasteiger partial charge on any atom is 0.142 e. The van der Waals surface area contributed by atoms with E-state index in [1.807, 2.05) is 66.9 Å². The summed E-state index contributed by atoms with van der Waals surface area (Å²) in [5.74, 6) is 0.752. The minimum atomic E-state index is 0.485. The fraction of sp³-hybridized carbons (Fsp3) is 0.100. The molecule has 2 aromatic carbocycles. The highest BCUT2D eigenvalue weighted by Crippen LogP contribution is 2.27. The van der Waals surface area contributed by atoms with E-state index in [1.165, 1.54) is 11.3 Å². The molecule has 0 unspecified atom stereocenters. The van der Waals surface area contributed by atoms with Crippen LogP contribution in [0.3, 0.4) is 0 Å². The maximum absolute atomic E-state index is 9.49. The van der Waals surface area contributed by atoms with E-state index in [9.17, 15) is 5.26 Å². The van der Waals surface area contributed by atoms with Crippen molar-refractivity contribution in [3.05, 3.63) is 71.2 Å². The first-order chi connectivity index (χ1) is 12.3. The number of ether oxygens (including phenoxy) is 1. The summed E-state index contributed by atoms with van der Waals surface area (Å²) in [7, 11) is 0. The molecule has 0 fully saturated rings. The molecular weight excluding hydrogens is 330 g/mol. The molecule has 124 valence electrons. The van der Waals surface area contributed by atoms with Gasteiger partial charge in [0.15, 0.2) is 0 Å². The third-order valence-electron chi connectivity index (χ3n) is 3.48. The van der Waals surface area contributed by atoms with Gasteiger partial charge < -0.3 is 10.1 Å². The van der Waals surface area contributed by atoms with Crippen LogP contribution in [0.2, 0.25) is 0 Å². The molecule has 0 radical (unpaired) electrons. The van der Waals surface area contributed by atoms with Crippen molar-refractivity contribution < 1.29 is 4.74 Å². The smallest absolute Gasteiger partial charge is 0.142 e. The Labute approximate surface area is 151 Å². The fourth-order valence-electron chi connectivity index (χ4n) is 2.30. The molecule has 0 saturated carbocycles. The Bertz CT molecular complexity index is 910. The monoisotopic (exact) mass is 347 g/mol. The molecule has 0 aliphatic heterocycles. The van der Waals surface area contributed by atoms with Crippen molar-refractivity contribution in [1.82, 2.24) is 4.98 Å². The number of thiazole rings is 1. The summed E-state index contributed by atoms with van der Waals surface area (Å²) < 4.78 is 5.58. The van der Waals surface area contributed by atoms with Crippen molar-refractivity contribution in [2.75, 3.05) is 11.9 Å². The molecule has 3 rings (SSSR count). The molecule has 1 N–H and O–H groups in total. The van der Waals surface area contributed by atoms with Gasteiger partial charge in [0.25, 0.3) is 0 Å². The summed E-state index contributed by atoms with van der Waals surface area (Å²) in [6, 6.07) is 19.8. The zero-order valence-corrected chi connectivity index (χ0v) is 14.6. The third kappa shape index (κ3) is 4.06. The van der Waals surface area contributed by atoms with Crippen molar-refractivity contribution in [3.8, 4) is 23.1 Å². The quantitative estimate of drug-likeness (QED) is 0.624. The number of nitrogens with one attached hydrogen (secondary N) is 1. The second-order valence-electron chi connectivity index (χ2n) is 5.15. The predicted octanol–water partition coefficient (Wildman–Crippen LogP) is 5.19. The first kappa shape index (κ1) is 16.7. The second kappa shape index (κ2) is 8.13. The average molecular weight is 347 g/mol. The van der Waals surface area contributed by atoms with E-state index < -0.39 is 0 Å². The normalized spacial score (nSPS) is 11.0. The Hall–Kier alpha value is -3.10. The van der Waals surface area contributed by atoms with E-state index in [1.54, 1.807) is 6.20 Å². The van der Waals surface area contributed by atoms with E-state index in [0.29, 0.717) is 17.2 Å². The fourth-order valence-corrected chi connectivity index (χ4v) is 3.09. The molecule has 0 atom stereocenters. The SMILES string of the molecule is CCOc1ccccc1N/C=C(/C#N)c1nc(-c2ccccc2)cs1. The van der Waals surface area contributed by atoms with Crippen LogP contribution in [0, 0.1) is 11.3 Å². The molecule has 0 amide bonds. The van der Waals surface area contributed by atoms with Crippen LogP contribution in [0.1, 0.15) is 11.9 Å². The summed E-state index contributed by atoms with van der Waals surface area (Å²) >= 11 is 1.45. The van der Waals surface area contributed by atoms with Crippen LogP contribution in [0.5, 0.6) is 5.75 Å². The molecule has 1 aromatic heterocycles. The molecule has 0 saturated heterocycles. The predicted molar refractivity (Wildman–Crippen MR) is 102 cm³/mol. The lowest BCUT2D eigenvalue weighted by Crippen LogP contribution is -1.97. The lowest BCUT2D eigenvalue weighted by molar-refractivity contribution is 0.342. The third-order valence-corrected chi connectivity index (χ3v) is 4.36. The van der Waals surface area contributed by atoms with E-state index in [4.69, 9.17) is 4.74 Å². The Morgan fingerprint density at radius 1 is 1.20 bits per heavy atom. The van der Waals surface area contributed by atoms with E-state index in [2.05, 4.69) is 16.4 Å². The minimum absolute atomic E-state index is 0.485. The van der Waals surface area contributed by atoms with Gasteiger partial charge in [-0.1, -0.05) is 42.5 Å². The summed E-state index contributed by atoms with van der Waals surface area (Å²) in [4.78, 5) is 4.58. The number of rotatable bonds is 6. The van der Waals surface area contributed by atoms with Gasteiger partial charge >= 0.3 is 0 Å². The molecule has 1 heterocycles. The summed E-state index contributed by atoms with van der Waals surface area (Å²) in [6.07, 6.45) is 1.67. The highest BCUT2D eigenvalue weighted by molar-refractivity contribution is 7.11. The van der Waals surface area contributed by atoms with Gasteiger partial charge in [0.2, 0.25) is 0 Å². The van der Waals surface area contributed by atoms with Crippen LogP contribution in [0.15, 0.2) is 66.2 Å². The van der Waals surface area contributed by atoms with Crippen LogP contribution in [-0.2, 0) is 0 Å². The van der Waals surface area contributed by atoms with Gasteiger partial charge in [-0.2, -0.15) is 5.26 Å². The summed E-state index contributed by atoms with van der Waals surface area (Å²) in [6.45, 7) is 2.52. The molecule has 0 aliphatic carbocycles. The molecule has 0 aliphatic rings. The van der Waals surface area contributed by atoms with Crippen molar-refractivity contribution in [1.29, 1.82) is 5.26 Å². The minimum Gasteiger partial charge on any atom is -0.492 e. The average Bonchev–Trinajstić information content (AvgIpc) is 3.14.